The zero-order chi connectivity index (χ0) is 23.4. The van der Waals surface area contributed by atoms with Crippen molar-refractivity contribution in [1.82, 2.24) is 0 Å². The van der Waals surface area contributed by atoms with Crippen molar-refractivity contribution >= 4 is 44.6 Å². The number of amides is 1. The molecule has 0 spiro atoms. The molecule has 3 aromatic rings. The van der Waals surface area contributed by atoms with Crippen molar-refractivity contribution in [3.63, 3.8) is 0 Å². The molecule has 4 rings (SSSR count). The normalized spacial score (nSPS) is 13.7. The van der Waals surface area contributed by atoms with Gasteiger partial charge in [0, 0.05) is 29.5 Å². The summed E-state index contributed by atoms with van der Waals surface area (Å²) in [4.78, 5) is 15.4. The predicted molar refractivity (Wildman–Crippen MR) is 134 cm³/mol. The number of nitrogens with one attached hydrogen (secondary N) is 1. The topological polar surface area (TPSA) is 69.7 Å². The Morgan fingerprint density at radius 1 is 1.00 bits per heavy atom. The molecule has 172 valence electrons. The molecule has 0 bridgehead atoms. The van der Waals surface area contributed by atoms with Crippen LogP contribution in [0.1, 0.15) is 18.4 Å². The number of hydrogen-bond acceptors (Lipinski definition) is 4. The summed E-state index contributed by atoms with van der Waals surface area (Å²) in [6.07, 6.45) is 2.38. The molecule has 33 heavy (non-hydrogen) atoms. The first kappa shape index (κ1) is 23.1. The largest absolute Gasteiger partial charge is 0.372 e. The second kappa shape index (κ2) is 9.85. The van der Waals surface area contributed by atoms with E-state index in [4.69, 9.17) is 11.6 Å². The van der Waals surface area contributed by atoms with Gasteiger partial charge in [0.05, 0.1) is 10.6 Å². The standard InChI is InChI=1S/C25H26ClN3O3S/c1-19-17-20(26)9-14-24(19)29(33(31,32)23-7-3-2-4-8-23)18-25(30)27-21-10-12-22(13-11-21)28-15-5-6-16-28/h2-4,7-14,17H,5-6,15-16,18H2,1H3,(H,27,30). The minimum Gasteiger partial charge on any atom is -0.372 e. The van der Waals surface area contributed by atoms with Crippen LogP contribution in [0.15, 0.2) is 77.7 Å². The van der Waals surface area contributed by atoms with Crippen LogP contribution in [-0.2, 0) is 14.8 Å². The Bertz CT molecular complexity index is 1230. The minimum atomic E-state index is -3.97. The van der Waals surface area contributed by atoms with E-state index in [1.165, 1.54) is 25.0 Å². The van der Waals surface area contributed by atoms with Crippen LogP contribution in [0.3, 0.4) is 0 Å². The zero-order valence-electron chi connectivity index (χ0n) is 18.4. The summed E-state index contributed by atoms with van der Waals surface area (Å²) in [5.74, 6) is -0.433. The lowest BCUT2D eigenvalue weighted by Gasteiger charge is -2.26. The van der Waals surface area contributed by atoms with Gasteiger partial charge in [-0.2, -0.15) is 0 Å². The number of nitrogens with zero attached hydrogens (tertiary/aromatic N) is 2. The van der Waals surface area contributed by atoms with Crippen molar-refractivity contribution in [2.75, 3.05) is 34.2 Å². The lowest BCUT2D eigenvalue weighted by Crippen LogP contribution is -2.38. The van der Waals surface area contributed by atoms with E-state index < -0.39 is 15.9 Å². The summed E-state index contributed by atoms with van der Waals surface area (Å²) in [5, 5.41) is 3.32. The Morgan fingerprint density at radius 2 is 1.67 bits per heavy atom. The molecule has 0 radical (unpaired) electrons. The third-order valence-electron chi connectivity index (χ3n) is 5.67. The molecule has 0 aliphatic carbocycles. The molecule has 1 aliphatic rings. The molecular formula is C25H26ClN3O3S. The van der Waals surface area contributed by atoms with Gasteiger partial charge in [-0.25, -0.2) is 8.42 Å². The van der Waals surface area contributed by atoms with Crippen molar-refractivity contribution in [3.05, 3.63) is 83.4 Å². The van der Waals surface area contributed by atoms with Crippen LogP contribution in [0.25, 0.3) is 0 Å². The molecule has 1 aliphatic heterocycles. The van der Waals surface area contributed by atoms with E-state index >= 15 is 0 Å². The highest BCUT2D eigenvalue weighted by Gasteiger charge is 2.28. The van der Waals surface area contributed by atoms with Crippen LogP contribution in [0.2, 0.25) is 5.02 Å². The van der Waals surface area contributed by atoms with Gasteiger partial charge in [0.25, 0.3) is 10.0 Å². The third-order valence-corrected chi connectivity index (χ3v) is 7.68. The summed E-state index contributed by atoms with van der Waals surface area (Å²) < 4.78 is 28.0. The quantitative estimate of drug-likeness (QED) is 0.508. The molecule has 1 fully saturated rings. The Hall–Kier alpha value is -3.03. The molecule has 1 heterocycles. The van der Waals surface area contributed by atoms with Crippen molar-refractivity contribution in [2.24, 2.45) is 0 Å². The Kier molecular flexibility index (Phi) is 6.91. The Balaban J connectivity index is 1.58. The van der Waals surface area contributed by atoms with E-state index in [0.717, 1.165) is 23.1 Å². The number of carbonyl (C=O) groups is 1. The fourth-order valence-corrected chi connectivity index (χ4v) is 5.71. The third kappa shape index (κ3) is 5.31. The maximum Gasteiger partial charge on any atom is 0.264 e. The second-order valence-electron chi connectivity index (χ2n) is 8.04. The number of rotatable bonds is 7. The maximum atomic E-state index is 13.5. The fraction of sp³-hybridized carbons (Fsp3) is 0.240. The van der Waals surface area contributed by atoms with Gasteiger partial charge in [-0.05, 0) is 79.9 Å². The van der Waals surface area contributed by atoms with Gasteiger partial charge in [-0.3, -0.25) is 9.10 Å². The molecule has 6 nitrogen and oxygen atoms in total. The van der Waals surface area contributed by atoms with Gasteiger partial charge in [-0.1, -0.05) is 29.8 Å². The van der Waals surface area contributed by atoms with Crippen molar-refractivity contribution in [2.45, 2.75) is 24.7 Å². The van der Waals surface area contributed by atoms with Gasteiger partial charge in [0.1, 0.15) is 6.54 Å². The van der Waals surface area contributed by atoms with Crippen LogP contribution >= 0.6 is 11.6 Å². The van der Waals surface area contributed by atoms with Gasteiger partial charge >= 0.3 is 0 Å². The predicted octanol–water partition coefficient (Wildman–Crippen LogP) is 5.08. The summed E-state index contributed by atoms with van der Waals surface area (Å²) in [5.41, 5.74) is 2.80. The second-order valence-corrected chi connectivity index (χ2v) is 10.3. The lowest BCUT2D eigenvalue weighted by molar-refractivity contribution is -0.114. The number of halogens is 1. The number of hydrogen-bond donors (Lipinski definition) is 1. The monoisotopic (exact) mass is 483 g/mol. The average Bonchev–Trinajstić information content (AvgIpc) is 3.34. The molecule has 0 saturated carbocycles. The van der Waals surface area contributed by atoms with E-state index in [-0.39, 0.29) is 11.4 Å². The molecule has 0 aromatic heterocycles. The summed E-state index contributed by atoms with van der Waals surface area (Å²) in [7, 11) is -3.97. The van der Waals surface area contributed by atoms with E-state index in [9.17, 15) is 13.2 Å². The number of aryl methyl sites for hydroxylation is 1. The van der Waals surface area contributed by atoms with E-state index in [1.54, 1.807) is 43.3 Å². The van der Waals surface area contributed by atoms with E-state index in [0.29, 0.717) is 22.0 Å². The highest BCUT2D eigenvalue weighted by molar-refractivity contribution is 7.92. The van der Waals surface area contributed by atoms with Crippen molar-refractivity contribution < 1.29 is 13.2 Å². The van der Waals surface area contributed by atoms with E-state index in [2.05, 4.69) is 10.2 Å². The van der Waals surface area contributed by atoms with Crippen LogP contribution in [0.5, 0.6) is 0 Å². The summed E-state index contributed by atoms with van der Waals surface area (Å²) >= 11 is 6.08. The highest BCUT2D eigenvalue weighted by Crippen LogP contribution is 2.29. The Labute approximate surface area is 199 Å². The van der Waals surface area contributed by atoms with Crippen molar-refractivity contribution in [3.8, 4) is 0 Å². The van der Waals surface area contributed by atoms with Gasteiger partial charge < -0.3 is 10.2 Å². The maximum absolute atomic E-state index is 13.5. The first-order chi connectivity index (χ1) is 15.8. The first-order valence-corrected chi connectivity index (χ1v) is 12.7. The minimum absolute atomic E-state index is 0.113. The van der Waals surface area contributed by atoms with Crippen LogP contribution in [-0.4, -0.2) is 34.0 Å². The molecule has 0 unspecified atom stereocenters. The zero-order valence-corrected chi connectivity index (χ0v) is 19.9. The summed E-state index contributed by atoms with van der Waals surface area (Å²) in [6, 6.07) is 20.6. The average molecular weight is 484 g/mol. The Morgan fingerprint density at radius 3 is 2.30 bits per heavy atom. The molecule has 8 heteroatoms. The number of carbonyl (C=O) groups excluding carboxylic acids is 1. The number of anilines is 3. The van der Waals surface area contributed by atoms with Crippen LogP contribution < -0.4 is 14.5 Å². The number of sulfonamides is 1. The van der Waals surface area contributed by atoms with Crippen molar-refractivity contribution in [1.29, 1.82) is 0 Å². The summed E-state index contributed by atoms with van der Waals surface area (Å²) in [6.45, 7) is 3.48. The lowest BCUT2D eigenvalue weighted by atomic mass is 10.2. The molecule has 0 atom stereocenters. The van der Waals surface area contributed by atoms with Crippen LogP contribution in [0, 0.1) is 6.92 Å². The van der Waals surface area contributed by atoms with Crippen LogP contribution in [0.4, 0.5) is 17.1 Å². The molecule has 1 N–H and O–H groups in total. The SMILES string of the molecule is Cc1cc(Cl)ccc1N(CC(=O)Nc1ccc(N2CCCC2)cc1)S(=O)(=O)c1ccccc1. The molecule has 1 saturated heterocycles. The van der Waals surface area contributed by atoms with Gasteiger partial charge in [0.15, 0.2) is 0 Å². The van der Waals surface area contributed by atoms with E-state index in [1.807, 2.05) is 24.3 Å². The molecule has 3 aromatic carbocycles. The fourth-order valence-electron chi connectivity index (χ4n) is 3.98. The van der Waals surface area contributed by atoms with Gasteiger partial charge in [-0.15, -0.1) is 0 Å². The molecule has 1 amide bonds. The smallest absolute Gasteiger partial charge is 0.264 e. The first-order valence-electron chi connectivity index (χ1n) is 10.8. The number of benzene rings is 3. The van der Waals surface area contributed by atoms with Gasteiger partial charge in [0.2, 0.25) is 5.91 Å². The molecular weight excluding hydrogens is 458 g/mol. The highest BCUT2D eigenvalue weighted by atomic mass is 35.5.